The molecule has 3 nitrogen and oxygen atoms in total. The van der Waals surface area contributed by atoms with E-state index >= 15 is 0 Å². The molecule has 110 valence electrons. The third-order valence-electron chi connectivity index (χ3n) is 3.43. The zero-order valence-electron chi connectivity index (χ0n) is 12.4. The second-order valence-corrected chi connectivity index (χ2v) is 5.33. The Morgan fingerprint density at radius 1 is 1.10 bits per heavy atom. The molecule has 0 aromatic heterocycles. The Balaban J connectivity index is 1.76. The lowest BCUT2D eigenvalue weighted by Gasteiger charge is -2.12. The smallest absolute Gasteiger partial charge is 0.237 e. The van der Waals surface area contributed by atoms with Crippen molar-refractivity contribution in [2.45, 2.75) is 25.8 Å². The highest BCUT2D eigenvalue weighted by molar-refractivity contribution is 5.81. The molecule has 1 amide bonds. The van der Waals surface area contributed by atoms with Crippen LogP contribution in [-0.4, -0.2) is 18.5 Å². The summed E-state index contributed by atoms with van der Waals surface area (Å²) in [6.07, 6.45) is 1.39. The first-order valence-corrected chi connectivity index (χ1v) is 7.28. The first-order valence-electron chi connectivity index (χ1n) is 7.28. The minimum atomic E-state index is -0.495. The molecule has 0 bridgehead atoms. The van der Waals surface area contributed by atoms with Crippen molar-refractivity contribution in [2.24, 2.45) is 5.73 Å². The van der Waals surface area contributed by atoms with E-state index in [1.165, 1.54) is 11.1 Å². The molecule has 3 N–H and O–H groups in total. The zero-order valence-corrected chi connectivity index (χ0v) is 12.4. The summed E-state index contributed by atoms with van der Waals surface area (Å²) in [5.74, 6) is -0.0912. The molecule has 0 saturated heterocycles. The largest absolute Gasteiger partial charge is 0.354 e. The summed E-state index contributed by atoms with van der Waals surface area (Å²) in [4.78, 5) is 12.0. The van der Waals surface area contributed by atoms with E-state index in [1.54, 1.807) is 0 Å². The minimum absolute atomic E-state index is 0.0912. The number of carbonyl (C=O) groups is 1. The number of nitrogens with two attached hydrogens (primary N) is 1. The van der Waals surface area contributed by atoms with Crippen molar-refractivity contribution in [3.8, 4) is 0 Å². The van der Waals surface area contributed by atoms with E-state index in [9.17, 15) is 4.79 Å². The normalized spacial score (nSPS) is 11.9. The van der Waals surface area contributed by atoms with Gasteiger partial charge in [-0.1, -0.05) is 60.2 Å². The highest BCUT2D eigenvalue weighted by atomic mass is 16.2. The maximum Gasteiger partial charge on any atom is 0.237 e. The second kappa shape index (κ2) is 7.60. The van der Waals surface area contributed by atoms with Gasteiger partial charge in [0.2, 0.25) is 5.91 Å². The lowest BCUT2D eigenvalue weighted by Crippen LogP contribution is -2.42. The van der Waals surface area contributed by atoms with E-state index in [0.717, 1.165) is 12.0 Å². The number of benzene rings is 2. The van der Waals surface area contributed by atoms with Crippen molar-refractivity contribution < 1.29 is 4.79 Å². The maximum absolute atomic E-state index is 12.0. The van der Waals surface area contributed by atoms with Gasteiger partial charge in [0, 0.05) is 6.54 Å². The van der Waals surface area contributed by atoms with E-state index in [-0.39, 0.29) is 5.91 Å². The van der Waals surface area contributed by atoms with Gasteiger partial charge < -0.3 is 11.1 Å². The number of aryl methyl sites for hydroxylation is 1. The van der Waals surface area contributed by atoms with Crippen LogP contribution in [0.5, 0.6) is 0 Å². The molecule has 0 aliphatic carbocycles. The van der Waals surface area contributed by atoms with E-state index < -0.39 is 6.04 Å². The van der Waals surface area contributed by atoms with Gasteiger partial charge in [0.15, 0.2) is 0 Å². The van der Waals surface area contributed by atoms with Crippen LogP contribution in [0.15, 0.2) is 54.6 Å². The molecule has 0 aliphatic rings. The van der Waals surface area contributed by atoms with Gasteiger partial charge >= 0.3 is 0 Å². The third kappa shape index (κ3) is 5.04. The number of carbonyl (C=O) groups excluding carboxylic acids is 1. The second-order valence-electron chi connectivity index (χ2n) is 5.33. The molecule has 21 heavy (non-hydrogen) atoms. The van der Waals surface area contributed by atoms with Crippen LogP contribution in [0.4, 0.5) is 0 Å². The molecule has 3 heteroatoms. The Kier molecular flexibility index (Phi) is 5.52. The van der Waals surface area contributed by atoms with Crippen molar-refractivity contribution in [2.75, 3.05) is 6.54 Å². The third-order valence-corrected chi connectivity index (χ3v) is 3.43. The van der Waals surface area contributed by atoms with Gasteiger partial charge in [-0.2, -0.15) is 0 Å². The first kappa shape index (κ1) is 15.3. The van der Waals surface area contributed by atoms with Crippen LogP contribution in [0.2, 0.25) is 0 Å². The highest BCUT2D eigenvalue weighted by Gasteiger charge is 2.13. The summed E-state index contributed by atoms with van der Waals surface area (Å²) in [6, 6.07) is 17.7. The topological polar surface area (TPSA) is 55.1 Å². The summed E-state index contributed by atoms with van der Waals surface area (Å²) >= 11 is 0. The van der Waals surface area contributed by atoms with E-state index in [4.69, 9.17) is 5.73 Å². The average molecular weight is 282 g/mol. The summed E-state index contributed by atoms with van der Waals surface area (Å²) in [7, 11) is 0. The van der Waals surface area contributed by atoms with Crippen LogP contribution in [0.25, 0.3) is 0 Å². The van der Waals surface area contributed by atoms with Gasteiger partial charge in [-0.25, -0.2) is 0 Å². The van der Waals surface area contributed by atoms with Gasteiger partial charge in [0.1, 0.15) is 0 Å². The number of hydrogen-bond donors (Lipinski definition) is 2. The molecule has 2 aromatic rings. The predicted octanol–water partition coefficient (Wildman–Crippen LogP) is 2.22. The number of amides is 1. The van der Waals surface area contributed by atoms with Crippen molar-refractivity contribution in [3.63, 3.8) is 0 Å². The molecule has 0 aliphatic heterocycles. The van der Waals surface area contributed by atoms with Crippen LogP contribution in [0, 0.1) is 6.92 Å². The molecule has 2 aromatic carbocycles. The maximum atomic E-state index is 12.0. The molecular weight excluding hydrogens is 260 g/mol. The standard InChI is InChI=1S/C18H22N2O/c1-14-6-5-9-16(12-14)10-11-20-18(21)17(19)13-15-7-3-2-4-8-15/h2-9,12,17H,10-11,13,19H2,1H3,(H,20,21). The number of hydrogen-bond acceptors (Lipinski definition) is 2. The van der Waals surface area contributed by atoms with Gasteiger partial charge in [-0.3, -0.25) is 4.79 Å². The molecule has 0 saturated carbocycles. The van der Waals surface area contributed by atoms with Crippen LogP contribution in [0.3, 0.4) is 0 Å². The lowest BCUT2D eigenvalue weighted by molar-refractivity contribution is -0.122. The molecule has 0 radical (unpaired) electrons. The van der Waals surface area contributed by atoms with Crippen molar-refractivity contribution in [1.82, 2.24) is 5.32 Å². The Bertz CT molecular complexity index is 581. The Morgan fingerprint density at radius 3 is 2.52 bits per heavy atom. The summed E-state index contributed by atoms with van der Waals surface area (Å²) < 4.78 is 0. The van der Waals surface area contributed by atoms with Gasteiger partial charge in [0.25, 0.3) is 0 Å². The van der Waals surface area contributed by atoms with Crippen LogP contribution < -0.4 is 11.1 Å². The van der Waals surface area contributed by atoms with Crippen molar-refractivity contribution >= 4 is 5.91 Å². The molecule has 0 spiro atoms. The number of rotatable bonds is 6. The van der Waals surface area contributed by atoms with Crippen LogP contribution in [-0.2, 0) is 17.6 Å². The Labute approximate surface area is 126 Å². The van der Waals surface area contributed by atoms with Gasteiger partial charge in [0.05, 0.1) is 6.04 Å². The Morgan fingerprint density at radius 2 is 1.81 bits per heavy atom. The number of nitrogens with one attached hydrogen (secondary N) is 1. The van der Waals surface area contributed by atoms with Crippen LogP contribution >= 0.6 is 0 Å². The highest BCUT2D eigenvalue weighted by Crippen LogP contribution is 2.04. The lowest BCUT2D eigenvalue weighted by atomic mass is 10.1. The molecule has 1 unspecified atom stereocenters. The molecule has 0 fully saturated rings. The summed E-state index contributed by atoms with van der Waals surface area (Å²) in [6.45, 7) is 2.68. The first-order chi connectivity index (χ1) is 10.1. The fourth-order valence-electron chi connectivity index (χ4n) is 2.29. The van der Waals surface area contributed by atoms with Crippen molar-refractivity contribution in [1.29, 1.82) is 0 Å². The Hall–Kier alpha value is -2.13. The predicted molar refractivity (Wildman–Crippen MR) is 86.0 cm³/mol. The summed E-state index contributed by atoms with van der Waals surface area (Å²) in [5, 5.41) is 2.91. The van der Waals surface area contributed by atoms with Gasteiger partial charge in [-0.15, -0.1) is 0 Å². The average Bonchev–Trinajstić information content (AvgIpc) is 2.48. The monoisotopic (exact) mass is 282 g/mol. The van der Waals surface area contributed by atoms with E-state index in [1.807, 2.05) is 36.4 Å². The zero-order chi connectivity index (χ0) is 15.1. The SMILES string of the molecule is Cc1cccc(CCNC(=O)C(N)Cc2ccccc2)c1. The van der Waals surface area contributed by atoms with Gasteiger partial charge in [-0.05, 0) is 30.9 Å². The van der Waals surface area contributed by atoms with E-state index in [2.05, 4.69) is 30.4 Å². The molecule has 1 atom stereocenters. The quantitative estimate of drug-likeness (QED) is 0.853. The van der Waals surface area contributed by atoms with E-state index in [0.29, 0.717) is 13.0 Å². The van der Waals surface area contributed by atoms with Crippen molar-refractivity contribution in [3.05, 3.63) is 71.3 Å². The fraction of sp³-hybridized carbons (Fsp3) is 0.278. The molecule has 0 heterocycles. The minimum Gasteiger partial charge on any atom is -0.354 e. The summed E-state index contributed by atoms with van der Waals surface area (Å²) in [5.41, 5.74) is 9.49. The fourth-order valence-corrected chi connectivity index (χ4v) is 2.29. The molecular formula is C18H22N2O. The molecule has 2 rings (SSSR count). The van der Waals surface area contributed by atoms with Crippen LogP contribution in [0.1, 0.15) is 16.7 Å².